The zero-order chi connectivity index (χ0) is 49.3. The summed E-state index contributed by atoms with van der Waals surface area (Å²) < 4.78 is 16.9. The molecule has 1 unspecified atom stereocenters. The molecule has 0 saturated carbocycles. The van der Waals surface area contributed by atoms with Crippen molar-refractivity contribution in [2.45, 2.75) is 290 Å². The number of carbonyl (C=O) groups excluding carboxylic acids is 3. The van der Waals surface area contributed by atoms with Gasteiger partial charge >= 0.3 is 17.9 Å². The third kappa shape index (κ3) is 53.8. The summed E-state index contributed by atoms with van der Waals surface area (Å²) in [6.45, 7) is 6.52. The lowest BCUT2D eigenvalue weighted by Crippen LogP contribution is -2.30. The Morgan fingerprint density at radius 3 is 0.912 bits per heavy atom. The predicted molar refractivity (Wildman–Crippen MR) is 293 cm³/mol. The molecule has 0 fully saturated rings. The normalized spacial score (nSPS) is 12.6. The first-order valence-corrected chi connectivity index (χ1v) is 28.9. The van der Waals surface area contributed by atoms with E-state index in [4.69, 9.17) is 14.2 Å². The van der Waals surface area contributed by atoms with Crippen molar-refractivity contribution in [2.75, 3.05) is 13.2 Å². The maximum Gasteiger partial charge on any atom is 0.306 e. The smallest absolute Gasteiger partial charge is 0.306 e. The molecule has 0 rings (SSSR count). The molecular formula is C62H108O6. The lowest BCUT2D eigenvalue weighted by atomic mass is 10.0. The van der Waals surface area contributed by atoms with E-state index >= 15 is 0 Å². The third-order valence-corrected chi connectivity index (χ3v) is 12.4. The molecule has 0 bridgehead atoms. The molecule has 0 saturated heterocycles. The lowest BCUT2D eigenvalue weighted by molar-refractivity contribution is -0.167. The van der Waals surface area contributed by atoms with Crippen LogP contribution < -0.4 is 0 Å². The van der Waals surface area contributed by atoms with E-state index in [0.29, 0.717) is 19.3 Å². The first-order chi connectivity index (χ1) is 33.5. The van der Waals surface area contributed by atoms with Crippen molar-refractivity contribution in [3.63, 3.8) is 0 Å². The minimum atomic E-state index is -0.782. The molecular weight excluding hydrogens is 841 g/mol. The van der Waals surface area contributed by atoms with Crippen LogP contribution in [0.15, 0.2) is 72.9 Å². The molecule has 6 nitrogen and oxygen atoms in total. The monoisotopic (exact) mass is 949 g/mol. The van der Waals surface area contributed by atoms with Gasteiger partial charge in [-0.3, -0.25) is 14.4 Å². The second-order valence-electron chi connectivity index (χ2n) is 19.2. The minimum absolute atomic E-state index is 0.0797. The minimum Gasteiger partial charge on any atom is -0.462 e. The van der Waals surface area contributed by atoms with Crippen LogP contribution in [-0.2, 0) is 28.6 Å². The Kier molecular flexibility index (Phi) is 53.8. The molecule has 0 aliphatic rings. The van der Waals surface area contributed by atoms with Crippen LogP contribution in [0.1, 0.15) is 284 Å². The van der Waals surface area contributed by atoms with E-state index in [0.717, 1.165) is 109 Å². The van der Waals surface area contributed by atoms with Gasteiger partial charge in [0.1, 0.15) is 13.2 Å². The summed E-state index contributed by atoms with van der Waals surface area (Å²) >= 11 is 0. The summed E-state index contributed by atoms with van der Waals surface area (Å²) in [4.78, 5) is 38.1. The van der Waals surface area contributed by atoms with Crippen molar-refractivity contribution in [2.24, 2.45) is 0 Å². The Morgan fingerprint density at radius 2 is 0.574 bits per heavy atom. The van der Waals surface area contributed by atoms with Gasteiger partial charge in [-0.2, -0.15) is 0 Å². The first kappa shape index (κ1) is 64.8. The summed E-state index contributed by atoms with van der Waals surface area (Å²) in [7, 11) is 0. The fraction of sp³-hybridized carbons (Fsp3) is 0.758. The zero-order valence-corrected chi connectivity index (χ0v) is 44.9. The molecule has 0 aromatic rings. The SMILES string of the molecule is CC/C=C\C/C=C\C/C=C\C/C=C\C/C=C\CCCCCCCCCC(=O)OCC(COC(=O)CCCCCCCCCCCCCCC)OC(=O)CCCCCCC/C=C\CCCCCCC. The van der Waals surface area contributed by atoms with Crippen LogP contribution in [0, 0.1) is 0 Å². The number of hydrogen-bond donors (Lipinski definition) is 0. The number of hydrogen-bond acceptors (Lipinski definition) is 6. The van der Waals surface area contributed by atoms with Crippen molar-refractivity contribution >= 4 is 17.9 Å². The van der Waals surface area contributed by atoms with Crippen LogP contribution >= 0.6 is 0 Å². The molecule has 68 heavy (non-hydrogen) atoms. The zero-order valence-electron chi connectivity index (χ0n) is 44.9. The van der Waals surface area contributed by atoms with Crippen molar-refractivity contribution in [3.8, 4) is 0 Å². The molecule has 0 amide bonds. The number of carbonyl (C=O) groups is 3. The van der Waals surface area contributed by atoms with Gasteiger partial charge in [-0.05, 0) is 89.9 Å². The van der Waals surface area contributed by atoms with Gasteiger partial charge in [0.25, 0.3) is 0 Å². The molecule has 0 aliphatic carbocycles. The van der Waals surface area contributed by atoms with Gasteiger partial charge in [-0.25, -0.2) is 0 Å². The largest absolute Gasteiger partial charge is 0.462 e. The Bertz CT molecular complexity index is 1270. The summed E-state index contributed by atoms with van der Waals surface area (Å²) in [5.41, 5.74) is 0. The highest BCUT2D eigenvalue weighted by atomic mass is 16.6. The Morgan fingerprint density at radius 1 is 0.309 bits per heavy atom. The van der Waals surface area contributed by atoms with Crippen molar-refractivity contribution in [1.82, 2.24) is 0 Å². The second kappa shape index (κ2) is 56.4. The number of esters is 3. The molecule has 0 spiro atoms. The number of allylic oxidation sites excluding steroid dienone is 12. The van der Waals surface area contributed by atoms with Crippen LogP contribution in [0.3, 0.4) is 0 Å². The van der Waals surface area contributed by atoms with Crippen LogP contribution in [0.5, 0.6) is 0 Å². The topological polar surface area (TPSA) is 78.9 Å². The fourth-order valence-electron chi connectivity index (χ4n) is 8.11. The maximum absolute atomic E-state index is 12.8. The number of unbranched alkanes of at least 4 members (excludes halogenated alkanes) is 29. The van der Waals surface area contributed by atoms with E-state index in [1.165, 1.54) is 135 Å². The highest BCUT2D eigenvalue weighted by Gasteiger charge is 2.19. The molecule has 6 heteroatoms. The molecule has 1 atom stereocenters. The van der Waals surface area contributed by atoms with Crippen LogP contribution in [0.4, 0.5) is 0 Å². The Hall–Kier alpha value is -3.15. The summed E-state index contributed by atoms with van der Waals surface area (Å²) in [5.74, 6) is -0.891. The average molecular weight is 950 g/mol. The predicted octanol–water partition coefficient (Wildman–Crippen LogP) is 19.4. The summed E-state index contributed by atoms with van der Waals surface area (Å²) in [6, 6.07) is 0. The van der Waals surface area contributed by atoms with Gasteiger partial charge in [0.05, 0.1) is 0 Å². The molecule has 0 aromatic heterocycles. The Labute approximate surface area is 421 Å². The van der Waals surface area contributed by atoms with Gasteiger partial charge in [-0.15, -0.1) is 0 Å². The van der Waals surface area contributed by atoms with E-state index < -0.39 is 6.10 Å². The molecule has 0 aliphatic heterocycles. The summed E-state index contributed by atoms with van der Waals surface area (Å²) in [5, 5.41) is 0. The van der Waals surface area contributed by atoms with Crippen LogP contribution in [0.2, 0.25) is 0 Å². The molecule has 0 heterocycles. The maximum atomic E-state index is 12.8. The van der Waals surface area contributed by atoms with E-state index in [-0.39, 0.29) is 31.1 Å². The number of ether oxygens (including phenoxy) is 3. The average Bonchev–Trinajstić information content (AvgIpc) is 3.34. The van der Waals surface area contributed by atoms with E-state index in [2.05, 4.69) is 93.7 Å². The van der Waals surface area contributed by atoms with E-state index in [1.807, 2.05) is 0 Å². The van der Waals surface area contributed by atoms with Gasteiger partial charge in [0.15, 0.2) is 6.10 Å². The van der Waals surface area contributed by atoms with Gasteiger partial charge in [-0.1, -0.05) is 248 Å². The summed E-state index contributed by atoms with van der Waals surface area (Å²) in [6.07, 6.45) is 71.7. The molecule has 0 aromatic carbocycles. The quantitative estimate of drug-likeness (QED) is 0.0262. The number of rotatable bonds is 52. The van der Waals surface area contributed by atoms with Crippen molar-refractivity contribution in [1.29, 1.82) is 0 Å². The van der Waals surface area contributed by atoms with Gasteiger partial charge in [0, 0.05) is 19.3 Å². The molecule has 0 N–H and O–H groups in total. The lowest BCUT2D eigenvalue weighted by Gasteiger charge is -2.18. The van der Waals surface area contributed by atoms with Crippen LogP contribution in [-0.4, -0.2) is 37.2 Å². The van der Waals surface area contributed by atoms with Gasteiger partial charge < -0.3 is 14.2 Å². The first-order valence-electron chi connectivity index (χ1n) is 28.9. The Balaban J connectivity index is 4.34. The standard InChI is InChI=1S/C62H108O6/c1-4-7-10-13-16-19-22-25-27-28-29-30-31-32-33-34-35-38-40-43-46-49-52-55-61(64)67-58-59(57-66-60(63)54-51-48-45-42-39-36-24-21-18-15-12-9-6-3)68-62(65)56-53-50-47-44-41-37-26-23-20-17-14-11-8-5-2/h7,10,16,19,23,25-27,29-30,32-33,59H,4-6,8-9,11-15,17-18,20-22,24,28,31,34-58H2,1-3H3/b10-7-,19-16-,26-23-,27-25-,30-29-,33-32-. The van der Waals surface area contributed by atoms with Gasteiger partial charge in [0.2, 0.25) is 0 Å². The molecule has 392 valence electrons. The highest BCUT2D eigenvalue weighted by Crippen LogP contribution is 2.15. The highest BCUT2D eigenvalue weighted by molar-refractivity contribution is 5.71. The fourth-order valence-corrected chi connectivity index (χ4v) is 8.11. The van der Waals surface area contributed by atoms with E-state index in [1.54, 1.807) is 0 Å². The van der Waals surface area contributed by atoms with Crippen molar-refractivity contribution in [3.05, 3.63) is 72.9 Å². The molecule has 0 radical (unpaired) electrons. The van der Waals surface area contributed by atoms with Crippen molar-refractivity contribution < 1.29 is 28.6 Å². The van der Waals surface area contributed by atoms with Crippen LogP contribution in [0.25, 0.3) is 0 Å². The van der Waals surface area contributed by atoms with E-state index in [9.17, 15) is 14.4 Å². The third-order valence-electron chi connectivity index (χ3n) is 12.4. The second-order valence-corrected chi connectivity index (χ2v) is 19.2.